The molecule has 0 radical (unpaired) electrons. The molecule has 1 aromatic carbocycles. The molecule has 1 rings (SSSR count). The predicted octanol–water partition coefficient (Wildman–Crippen LogP) is 6.67. The van der Waals surface area contributed by atoms with Crippen LogP contribution in [0.4, 0.5) is 0 Å². The third-order valence-electron chi connectivity index (χ3n) is 4.22. The summed E-state index contributed by atoms with van der Waals surface area (Å²) in [6.45, 7) is 8.76. The van der Waals surface area contributed by atoms with Crippen LogP contribution in [0, 0.1) is 0 Å². The summed E-state index contributed by atoms with van der Waals surface area (Å²) in [5.74, 6) is 1.69. The predicted molar refractivity (Wildman–Crippen MR) is 109 cm³/mol. The summed E-state index contributed by atoms with van der Waals surface area (Å²) in [5, 5.41) is 0. The molecule has 0 spiro atoms. The molecule has 0 fully saturated rings. The largest absolute Gasteiger partial charge is 0.497 e. The molecule has 0 N–H and O–H groups in total. The van der Waals surface area contributed by atoms with E-state index in [1.807, 2.05) is 6.07 Å². The van der Waals surface area contributed by atoms with E-state index in [-0.39, 0.29) is 0 Å². The van der Waals surface area contributed by atoms with Gasteiger partial charge in [-0.3, -0.25) is 0 Å². The smallest absolute Gasteiger partial charge is 0.122 e. The number of benzene rings is 1. The van der Waals surface area contributed by atoms with Crippen LogP contribution >= 0.6 is 0 Å². The lowest BCUT2D eigenvalue weighted by atomic mass is 10.0. The average Bonchev–Trinajstić information content (AvgIpc) is 2.59. The van der Waals surface area contributed by atoms with E-state index in [4.69, 9.17) is 9.47 Å². The minimum Gasteiger partial charge on any atom is -0.497 e. The zero-order valence-corrected chi connectivity index (χ0v) is 16.8. The second-order valence-electron chi connectivity index (χ2n) is 6.88. The van der Waals surface area contributed by atoms with Crippen molar-refractivity contribution in [3.63, 3.8) is 0 Å². The van der Waals surface area contributed by atoms with Crippen LogP contribution in [0.5, 0.6) is 11.5 Å². The number of hydrogen-bond donors (Lipinski definition) is 0. The Morgan fingerprint density at radius 2 is 1.28 bits per heavy atom. The van der Waals surface area contributed by atoms with Crippen LogP contribution in [0.2, 0.25) is 0 Å². The molecule has 2 nitrogen and oxygen atoms in total. The zero-order valence-electron chi connectivity index (χ0n) is 16.8. The summed E-state index contributed by atoms with van der Waals surface area (Å²) in [7, 11) is 3.37. The Hall–Kier alpha value is -1.96. The van der Waals surface area contributed by atoms with Gasteiger partial charge in [-0.05, 0) is 77.5 Å². The van der Waals surface area contributed by atoms with Crippen LogP contribution in [0.15, 0.2) is 53.1 Å². The molecule has 0 aliphatic heterocycles. The molecular weight excluding hydrogens is 308 g/mol. The van der Waals surface area contributed by atoms with Gasteiger partial charge < -0.3 is 9.47 Å². The number of methoxy groups -OCH3 is 2. The Morgan fingerprint density at radius 1 is 0.760 bits per heavy atom. The summed E-state index contributed by atoms with van der Waals surface area (Å²) >= 11 is 0. The Kier molecular flexibility index (Phi) is 9.76. The van der Waals surface area contributed by atoms with Crippen molar-refractivity contribution in [1.82, 2.24) is 0 Å². The minimum absolute atomic E-state index is 0.843. The average molecular weight is 343 g/mol. The van der Waals surface area contributed by atoms with Crippen LogP contribution in [0.3, 0.4) is 0 Å². The molecule has 138 valence electrons. The normalized spacial score (nSPS) is 12.1. The van der Waals surface area contributed by atoms with Gasteiger partial charge in [0, 0.05) is 6.07 Å². The van der Waals surface area contributed by atoms with Crippen molar-refractivity contribution in [3.8, 4) is 11.5 Å². The number of rotatable bonds is 10. The summed E-state index contributed by atoms with van der Waals surface area (Å²) in [6, 6.07) is 6.04. The van der Waals surface area contributed by atoms with Gasteiger partial charge in [-0.2, -0.15) is 0 Å². The van der Waals surface area contributed by atoms with Gasteiger partial charge in [0.15, 0.2) is 0 Å². The van der Waals surface area contributed by atoms with Crippen molar-refractivity contribution in [2.75, 3.05) is 14.2 Å². The number of hydrogen-bond acceptors (Lipinski definition) is 2. The first kappa shape index (κ1) is 21.1. The number of ether oxygens (including phenoxy) is 2. The van der Waals surface area contributed by atoms with E-state index in [0.717, 1.165) is 43.6 Å². The molecule has 0 aromatic heterocycles. The van der Waals surface area contributed by atoms with E-state index in [2.05, 4.69) is 58.1 Å². The van der Waals surface area contributed by atoms with Gasteiger partial charge in [-0.25, -0.2) is 0 Å². The highest BCUT2D eigenvalue weighted by Gasteiger charge is 2.01. The van der Waals surface area contributed by atoms with Crippen molar-refractivity contribution in [2.24, 2.45) is 0 Å². The van der Waals surface area contributed by atoms with Crippen LogP contribution in [-0.4, -0.2) is 14.2 Å². The molecule has 2 heteroatoms. The van der Waals surface area contributed by atoms with E-state index >= 15 is 0 Å². The maximum atomic E-state index is 5.33. The highest BCUT2D eigenvalue weighted by Crippen LogP contribution is 2.23. The fraction of sp³-hybridized carbons (Fsp3) is 0.478. The molecule has 0 atom stereocenters. The zero-order chi connectivity index (χ0) is 18.7. The van der Waals surface area contributed by atoms with Crippen LogP contribution in [-0.2, 0) is 6.42 Å². The van der Waals surface area contributed by atoms with Crippen molar-refractivity contribution in [1.29, 1.82) is 0 Å². The van der Waals surface area contributed by atoms with Crippen LogP contribution < -0.4 is 9.47 Å². The van der Waals surface area contributed by atoms with E-state index in [0.29, 0.717) is 0 Å². The molecule has 0 aliphatic rings. The fourth-order valence-corrected chi connectivity index (χ4v) is 2.62. The summed E-state index contributed by atoms with van der Waals surface area (Å²) in [6.07, 6.45) is 12.4. The number of allylic oxidation sites excluding steroid dienone is 6. The van der Waals surface area contributed by atoms with Crippen LogP contribution in [0.25, 0.3) is 0 Å². The van der Waals surface area contributed by atoms with Gasteiger partial charge in [0.05, 0.1) is 14.2 Å². The maximum absolute atomic E-state index is 5.33. The first-order valence-electron chi connectivity index (χ1n) is 9.11. The molecule has 0 heterocycles. The van der Waals surface area contributed by atoms with E-state index in [9.17, 15) is 0 Å². The minimum atomic E-state index is 0.843. The molecule has 0 saturated heterocycles. The standard InChI is InChI=1S/C23H34O2/c1-18(2)9-7-10-19(3)11-8-12-20(4)13-14-21-15-22(24-5)17-23(16-21)25-6/h9,11,13,15-17H,7-8,10,12,14H2,1-6H3/b19-11+,20-13+. The summed E-state index contributed by atoms with van der Waals surface area (Å²) in [5.41, 5.74) is 5.53. The molecule has 0 amide bonds. The Labute approximate surface area is 154 Å². The fourth-order valence-electron chi connectivity index (χ4n) is 2.62. The monoisotopic (exact) mass is 342 g/mol. The van der Waals surface area contributed by atoms with Gasteiger partial charge in [-0.15, -0.1) is 0 Å². The molecule has 0 aliphatic carbocycles. The van der Waals surface area contributed by atoms with Gasteiger partial charge in [0.1, 0.15) is 11.5 Å². The molecule has 0 unspecified atom stereocenters. The first-order valence-corrected chi connectivity index (χ1v) is 9.11. The van der Waals surface area contributed by atoms with Crippen molar-refractivity contribution in [2.45, 2.75) is 59.8 Å². The van der Waals surface area contributed by atoms with Crippen molar-refractivity contribution in [3.05, 3.63) is 58.7 Å². The summed E-state index contributed by atoms with van der Waals surface area (Å²) in [4.78, 5) is 0. The first-order chi connectivity index (χ1) is 11.9. The Morgan fingerprint density at radius 3 is 1.80 bits per heavy atom. The van der Waals surface area contributed by atoms with E-state index < -0.39 is 0 Å². The quantitative estimate of drug-likeness (QED) is 0.442. The third kappa shape index (κ3) is 9.19. The topological polar surface area (TPSA) is 18.5 Å². The SMILES string of the molecule is COc1cc(C/C=C(\C)CC/C=C(\C)CCC=C(C)C)cc(OC)c1. The molecular formula is C23H34O2. The van der Waals surface area contributed by atoms with Gasteiger partial charge in [0.2, 0.25) is 0 Å². The molecule has 0 saturated carbocycles. The third-order valence-corrected chi connectivity index (χ3v) is 4.22. The molecule has 25 heavy (non-hydrogen) atoms. The van der Waals surface area contributed by atoms with Gasteiger partial charge in [0.25, 0.3) is 0 Å². The molecule has 0 bridgehead atoms. The highest BCUT2D eigenvalue weighted by molar-refractivity contribution is 5.39. The highest BCUT2D eigenvalue weighted by atomic mass is 16.5. The Bertz CT molecular complexity index is 595. The second kappa shape index (κ2) is 11.6. The Balaban J connectivity index is 2.49. The van der Waals surface area contributed by atoms with E-state index in [1.54, 1.807) is 14.2 Å². The lowest BCUT2D eigenvalue weighted by Crippen LogP contribution is -1.91. The summed E-state index contributed by atoms with van der Waals surface area (Å²) < 4.78 is 10.7. The molecule has 1 aromatic rings. The van der Waals surface area contributed by atoms with Crippen molar-refractivity contribution < 1.29 is 9.47 Å². The lowest BCUT2D eigenvalue weighted by molar-refractivity contribution is 0.393. The van der Waals surface area contributed by atoms with Gasteiger partial charge in [-0.1, -0.05) is 34.9 Å². The van der Waals surface area contributed by atoms with E-state index in [1.165, 1.54) is 22.3 Å². The van der Waals surface area contributed by atoms with Gasteiger partial charge >= 0.3 is 0 Å². The van der Waals surface area contributed by atoms with Crippen LogP contribution in [0.1, 0.15) is 58.9 Å². The lowest BCUT2D eigenvalue weighted by Gasteiger charge is -2.07. The maximum Gasteiger partial charge on any atom is 0.122 e. The second-order valence-corrected chi connectivity index (χ2v) is 6.88. The van der Waals surface area contributed by atoms with Crippen molar-refractivity contribution >= 4 is 0 Å².